The molecule has 14 heteroatoms. The Bertz CT molecular complexity index is 904. The maximum absolute atomic E-state index is 11.3. The molecule has 0 aliphatic carbocycles. The van der Waals surface area contributed by atoms with Gasteiger partial charge in [0.25, 0.3) is 0 Å². The predicted octanol–water partition coefficient (Wildman–Crippen LogP) is -1.14. The molecule has 0 amide bonds. The number of nitrogens with zero attached hydrogens (tertiary/aromatic N) is 3. The van der Waals surface area contributed by atoms with Crippen LogP contribution in [0.5, 0.6) is 0 Å². The number of aromatic nitrogens is 3. The van der Waals surface area contributed by atoms with Crippen LogP contribution in [-0.2, 0) is 35.2 Å². The summed E-state index contributed by atoms with van der Waals surface area (Å²) in [5.74, 6) is 8.14. The highest BCUT2D eigenvalue weighted by Gasteiger charge is 2.33. The minimum absolute atomic E-state index is 0.791. The quantitative estimate of drug-likeness (QED) is 0.516. The first-order valence-electron chi connectivity index (χ1n) is 6.49. The van der Waals surface area contributed by atoms with Crippen LogP contribution in [0.15, 0.2) is 40.3 Å². The zero-order chi connectivity index (χ0) is 19.1. The van der Waals surface area contributed by atoms with Crippen molar-refractivity contribution in [2.75, 3.05) is 5.73 Å². The number of hydrogen-bond donors (Lipinski definition) is 3. The van der Waals surface area contributed by atoms with Gasteiger partial charge in [-0.15, -0.1) is 10.2 Å². The van der Waals surface area contributed by atoms with Crippen molar-refractivity contribution in [2.24, 2.45) is 11.8 Å². The summed E-state index contributed by atoms with van der Waals surface area (Å²) in [6, 6.07) is 10.5. The van der Waals surface area contributed by atoms with E-state index in [1.54, 1.807) is 0 Å². The lowest BCUT2D eigenvalue weighted by molar-refractivity contribution is 0.320. The molecule has 1 heterocycles. The molecule has 0 atom stereocenters. The van der Waals surface area contributed by atoms with Crippen LogP contribution in [0.1, 0.15) is 12.5 Å². The van der Waals surface area contributed by atoms with Crippen LogP contribution in [-0.4, -0.2) is 32.2 Å². The van der Waals surface area contributed by atoms with Gasteiger partial charge in [-0.3, -0.25) is 0 Å². The highest BCUT2D eigenvalue weighted by Crippen LogP contribution is 2.23. The Balaban J connectivity index is 0.000000324. The number of benzene rings is 1. The first kappa shape index (κ1) is 20.8. The van der Waals surface area contributed by atoms with Gasteiger partial charge in [0, 0.05) is 0 Å². The van der Waals surface area contributed by atoms with Crippen LogP contribution in [0.25, 0.3) is 0 Å². The van der Waals surface area contributed by atoms with Gasteiger partial charge in [0.2, 0.25) is 5.03 Å². The summed E-state index contributed by atoms with van der Waals surface area (Å²) in [5, 5.41) is 7.71. The molecule has 6 N–H and O–H groups in total. The third-order valence-electron chi connectivity index (χ3n) is 2.71. The fraction of sp³-hybridized carbons (Fsp3) is 0.182. The Morgan fingerprint density at radius 2 is 1.52 bits per heavy atom. The first-order chi connectivity index (χ1) is 11.7. The first-order valence-corrected chi connectivity index (χ1v) is 9.30. The third kappa shape index (κ3) is 5.38. The standard InChI is InChI=1S/C8H10.C3H6N6O6S2/c1-2-8-6-4-3-5-7-8;4-2-1(16(10,11)14-5)3(8-9-7-2)17(12,13)15-6/h3-7H,2H2,1H3;5-6H2,(H2,4,7,8). The van der Waals surface area contributed by atoms with Gasteiger partial charge in [-0.25, -0.2) is 0 Å². The third-order valence-corrected chi connectivity index (χ3v) is 5.00. The Labute approximate surface area is 144 Å². The minimum Gasteiger partial charge on any atom is -0.381 e. The summed E-state index contributed by atoms with van der Waals surface area (Å²) < 4.78 is 52.3. The van der Waals surface area contributed by atoms with Crippen LogP contribution in [0, 0.1) is 0 Å². The van der Waals surface area contributed by atoms with Gasteiger partial charge in [0.1, 0.15) is 0 Å². The van der Waals surface area contributed by atoms with Crippen LogP contribution >= 0.6 is 0 Å². The average molecular weight is 392 g/mol. The molecule has 1 aromatic heterocycles. The van der Waals surface area contributed by atoms with Crippen molar-refractivity contribution in [3.05, 3.63) is 35.9 Å². The van der Waals surface area contributed by atoms with Gasteiger partial charge in [0.05, 0.1) is 0 Å². The lowest BCUT2D eigenvalue weighted by Gasteiger charge is -2.06. The van der Waals surface area contributed by atoms with E-state index < -0.39 is 36.0 Å². The van der Waals surface area contributed by atoms with Crippen molar-refractivity contribution >= 4 is 26.1 Å². The van der Waals surface area contributed by atoms with Crippen molar-refractivity contribution in [3.8, 4) is 0 Å². The average Bonchev–Trinajstić information content (AvgIpc) is 2.62. The zero-order valence-corrected chi connectivity index (χ0v) is 14.6. The molecular weight excluding hydrogens is 376 g/mol. The van der Waals surface area contributed by atoms with Crippen molar-refractivity contribution in [3.63, 3.8) is 0 Å². The molecular formula is C11H16N6O6S2. The summed E-state index contributed by atoms with van der Waals surface area (Å²) in [7, 11) is -9.35. The molecule has 0 radical (unpaired) electrons. The molecule has 138 valence electrons. The van der Waals surface area contributed by atoms with E-state index in [0.717, 1.165) is 6.42 Å². The monoisotopic (exact) mass is 392 g/mol. The molecule has 2 rings (SSSR count). The van der Waals surface area contributed by atoms with E-state index >= 15 is 0 Å². The number of nitrogens with two attached hydrogens (primary N) is 3. The Morgan fingerprint density at radius 3 is 1.96 bits per heavy atom. The van der Waals surface area contributed by atoms with Crippen LogP contribution < -0.4 is 17.5 Å². The van der Waals surface area contributed by atoms with Crippen molar-refractivity contribution in [2.45, 2.75) is 23.3 Å². The molecule has 0 fully saturated rings. The number of rotatable bonds is 5. The molecule has 0 unspecified atom stereocenters. The van der Waals surface area contributed by atoms with Crippen molar-refractivity contribution in [1.29, 1.82) is 0 Å². The van der Waals surface area contributed by atoms with Gasteiger partial charge in [-0.1, -0.05) is 37.3 Å². The van der Waals surface area contributed by atoms with E-state index in [0.29, 0.717) is 0 Å². The van der Waals surface area contributed by atoms with Gasteiger partial charge in [-0.05, 0) is 17.2 Å². The second-order valence-electron chi connectivity index (χ2n) is 4.25. The molecule has 12 nitrogen and oxygen atoms in total. The summed E-state index contributed by atoms with van der Waals surface area (Å²) in [4.78, 5) is -1.11. The minimum atomic E-state index is -4.68. The predicted molar refractivity (Wildman–Crippen MR) is 85.0 cm³/mol. The molecule has 0 aliphatic rings. The van der Waals surface area contributed by atoms with E-state index in [4.69, 9.17) is 5.73 Å². The summed E-state index contributed by atoms with van der Waals surface area (Å²) >= 11 is 0. The lowest BCUT2D eigenvalue weighted by Crippen LogP contribution is -2.22. The van der Waals surface area contributed by atoms with Crippen molar-refractivity contribution < 1.29 is 25.4 Å². The van der Waals surface area contributed by atoms with Crippen molar-refractivity contribution in [1.82, 2.24) is 15.4 Å². The van der Waals surface area contributed by atoms with Crippen LogP contribution in [0.2, 0.25) is 0 Å². The molecule has 0 spiro atoms. The molecule has 0 bridgehead atoms. The van der Waals surface area contributed by atoms with E-state index in [2.05, 4.69) is 67.0 Å². The molecule has 1 aromatic carbocycles. The molecule has 25 heavy (non-hydrogen) atoms. The number of anilines is 1. The number of aryl methyl sites for hydroxylation is 1. The van der Waals surface area contributed by atoms with E-state index in [1.165, 1.54) is 5.56 Å². The maximum atomic E-state index is 11.3. The van der Waals surface area contributed by atoms with E-state index in [-0.39, 0.29) is 0 Å². The van der Waals surface area contributed by atoms with Crippen LogP contribution in [0.4, 0.5) is 5.82 Å². The van der Waals surface area contributed by atoms with Crippen LogP contribution in [0.3, 0.4) is 0 Å². The highest BCUT2D eigenvalue weighted by molar-refractivity contribution is 7.89. The summed E-state index contributed by atoms with van der Waals surface area (Å²) in [5.41, 5.74) is 6.56. The zero-order valence-electron chi connectivity index (χ0n) is 12.9. The Morgan fingerprint density at radius 1 is 0.960 bits per heavy atom. The fourth-order valence-corrected chi connectivity index (χ4v) is 3.34. The fourth-order valence-electron chi connectivity index (χ4n) is 1.52. The molecule has 0 aliphatic heterocycles. The van der Waals surface area contributed by atoms with E-state index in [1.807, 2.05) is 6.07 Å². The number of nitrogen functional groups attached to an aromatic ring is 1. The second kappa shape index (κ2) is 8.75. The highest BCUT2D eigenvalue weighted by atomic mass is 32.2. The maximum Gasteiger partial charge on any atom is 0.333 e. The van der Waals surface area contributed by atoms with Gasteiger partial charge < -0.3 is 5.73 Å². The number of hydrogen-bond acceptors (Lipinski definition) is 12. The summed E-state index contributed by atoms with van der Waals surface area (Å²) in [6.45, 7) is 2.16. The van der Waals surface area contributed by atoms with Gasteiger partial charge in [-0.2, -0.15) is 37.2 Å². The van der Waals surface area contributed by atoms with Gasteiger partial charge >= 0.3 is 20.2 Å². The van der Waals surface area contributed by atoms with E-state index in [9.17, 15) is 16.8 Å². The Kier molecular flexibility index (Phi) is 7.28. The largest absolute Gasteiger partial charge is 0.381 e. The molecule has 0 saturated carbocycles. The topological polar surface area (TPSA) is 203 Å². The molecule has 0 saturated heterocycles. The van der Waals surface area contributed by atoms with Gasteiger partial charge in [0.15, 0.2) is 10.7 Å². The SMILES string of the molecule is CCc1ccccc1.NOS(=O)(=O)c1nnnc(N)c1S(=O)(=O)ON. The molecule has 2 aromatic rings. The Hall–Kier alpha value is -2.23. The normalized spacial score (nSPS) is 11.5. The second-order valence-corrected chi connectivity index (χ2v) is 7.25. The summed E-state index contributed by atoms with van der Waals surface area (Å²) in [6.07, 6.45) is 1.14. The lowest BCUT2D eigenvalue weighted by atomic mass is 10.2. The smallest absolute Gasteiger partial charge is 0.333 e.